The van der Waals surface area contributed by atoms with Crippen molar-refractivity contribution < 1.29 is 4.74 Å². The van der Waals surface area contributed by atoms with Crippen LogP contribution in [0.2, 0.25) is 0 Å². The third-order valence-corrected chi connectivity index (χ3v) is 1.19. The summed E-state index contributed by atoms with van der Waals surface area (Å²) >= 11 is 0. The van der Waals surface area contributed by atoms with Gasteiger partial charge in [0.25, 0.3) is 0 Å². The van der Waals surface area contributed by atoms with E-state index < -0.39 is 0 Å². The molecule has 1 nitrogen and oxygen atoms in total. The summed E-state index contributed by atoms with van der Waals surface area (Å²) in [4.78, 5) is 0. The van der Waals surface area contributed by atoms with Crippen LogP contribution in [-0.4, -0.2) is 13.2 Å². The Kier molecular flexibility index (Phi) is 15.0. The fraction of sp³-hybridized carbons (Fsp3) is 0.800. The Morgan fingerprint density at radius 3 is 1.91 bits per heavy atom. The number of hydrogen-bond donors (Lipinski definition) is 0. The van der Waals surface area contributed by atoms with Gasteiger partial charge < -0.3 is 4.74 Å². The molecule has 0 bridgehead atoms. The van der Waals surface area contributed by atoms with Gasteiger partial charge in [-0.2, -0.15) is 0 Å². The van der Waals surface area contributed by atoms with Gasteiger partial charge in [-0.25, -0.2) is 0 Å². The van der Waals surface area contributed by atoms with E-state index in [4.69, 9.17) is 4.74 Å². The van der Waals surface area contributed by atoms with Crippen molar-refractivity contribution in [1.82, 2.24) is 0 Å². The van der Waals surface area contributed by atoms with Crippen molar-refractivity contribution in [3.8, 4) is 0 Å². The second-order valence-corrected chi connectivity index (χ2v) is 1.88. The molecule has 0 aliphatic carbocycles. The SMILES string of the molecule is CC.CC.CC1=CCOCC1. The third-order valence-electron chi connectivity index (χ3n) is 1.19. The summed E-state index contributed by atoms with van der Waals surface area (Å²) in [7, 11) is 0. The van der Waals surface area contributed by atoms with Crippen LogP contribution in [0.5, 0.6) is 0 Å². The van der Waals surface area contributed by atoms with Gasteiger partial charge in [0.15, 0.2) is 0 Å². The van der Waals surface area contributed by atoms with E-state index in [2.05, 4.69) is 13.0 Å². The summed E-state index contributed by atoms with van der Waals surface area (Å²) in [5, 5.41) is 0. The third kappa shape index (κ3) is 9.70. The van der Waals surface area contributed by atoms with E-state index in [0.717, 1.165) is 19.6 Å². The van der Waals surface area contributed by atoms with Crippen molar-refractivity contribution in [2.45, 2.75) is 41.0 Å². The topological polar surface area (TPSA) is 9.23 Å². The summed E-state index contributed by atoms with van der Waals surface area (Å²) in [5.41, 5.74) is 1.46. The van der Waals surface area contributed by atoms with Gasteiger partial charge in [-0.3, -0.25) is 0 Å². The molecule has 68 valence electrons. The maximum absolute atomic E-state index is 5.06. The predicted molar refractivity (Wildman–Crippen MR) is 51.9 cm³/mol. The molecule has 0 spiro atoms. The van der Waals surface area contributed by atoms with E-state index in [9.17, 15) is 0 Å². The normalized spacial score (nSPS) is 14.8. The van der Waals surface area contributed by atoms with Crippen molar-refractivity contribution >= 4 is 0 Å². The molecule has 1 aliphatic heterocycles. The van der Waals surface area contributed by atoms with Gasteiger partial charge in [-0.15, -0.1) is 0 Å². The summed E-state index contributed by atoms with van der Waals surface area (Å²) in [6.07, 6.45) is 3.25. The molecule has 1 aliphatic rings. The Morgan fingerprint density at radius 2 is 1.73 bits per heavy atom. The highest BCUT2D eigenvalue weighted by Gasteiger charge is 1.94. The second-order valence-electron chi connectivity index (χ2n) is 1.88. The zero-order chi connectivity index (χ0) is 9.11. The Labute approximate surface area is 71.5 Å². The molecule has 1 heteroatoms. The van der Waals surface area contributed by atoms with Gasteiger partial charge in [0.1, 0.15) is 0 Å². The first-order valence-electron chi connectivity index (χ1n) is 4.63. The van der Waals surface area contributed by atoms with Crippen LogP contribution in [0.4, 0.5) is 0 Å². The van der Waals surface area contributed by atoms with E-state index in [1.165, 1.54) is 5.57 Å². The lowest BCUT2D eigenvalue weighted by Gasteiger charge is -2.07. The fourth-order valence-corrected chi connectivity index (χ4v) is 0.620. The molecular weight excluding hydrogens is 136 g/mol. The van der Waals surface area contributed by atoms with Gasteiger partial charge in [0, 0.05) is 0 Å². The molecule has 0 N–H and O–H groups in total. The first-order valence-corrected chi connectivity index (χ1v) is 4.63. The molecule has 1 rings (SSSR count). The Hall–Kier alpha value is -0.300. The van der Waals surface area contributed by atoms with Gasteiger partial charge in [-0.1, -0.05) is 39.3 Å². The first kappa shape index (κ1) is 13.3. The molecule has 0 fully saturated rings. The lowest BCUT2D eigenvalue weighted by Crippen LogP contribution is -2.01. The van der Waals surface area contributed by atoms with Gasteiger partial charge in [-0.05, 0) is 13.3 Å². The molecule has 0 amide bonds. The first-order chi connectivity index (χ1) is 5.39. The van der Waals surface area contributed by atoms with E-state index >= 15 is 0 Å². The average molecular weight is 158 g/mol. The molecule has 11 heavy (non-hydrogen) atoms. The van der Waals surface area contributed by atoms with Crippen molar-refractivity contribution in [3.63, 3.8) is 0 Å². The highest BCUT2D eigenvalue weighted by molar-refractivity contribution is 4.99. The Balaban J connectivity index is 0. The van der Waals surface area contributed by atoms with Crippen molar-refractivity contribution in [2.24, 2.45) is 0 Å². The van der Waals surface area contributed by atoms with Crippen LogP contribution in [0.3, 0.4) is 0 Å². The molecule has 0 saturated carbocycles. The highest BCUT2D eigenvalue weighted by Crippen LogP contribution is 2.04. The average Bonchev–Trinajstić information content (AvgIpc) is 2.13. The number of ether oxygens (including phenoxy) is 1. The summed E-state index contributed by atoms with van der Waals surface area (Å²) < 4.78 is 5.06. The largest absolute Gasteiger partial charge is 0.377 e. The maximum Gasteiger partial charge on any atom is 0.0650 e. The van der Waals surface area contributed by atoms with Crippen molar-refractivity contribution in [3.05, 3.63) is 11.6 Å². The molecule has 1 heterocycles. The Morgan fingerprint density at radius 1 is 1.18 bits per heavy atom. The van der Waals surface area contributed by atoms with Crippen LogP contribution in [0.15, 0.2) is 11.6 Å². The molecule has 0 aromatic rings. The van der Waals surface area contributed by atoms with E-state index in [1.54, 1.807) is 0 Å². The lowest BCUT2D eigenvalue weighted by molar-refractivity contribution is 0.154. The minimum Gasteiger partial charge on any atom is -0.377 e. The monoisotopic (exact) mass is 158 g/mol. The van der Waals surface area contributed by atoms with E-state index in [1.807, 2.05) is 27.7 Å². The molecule has 0 aromatic heterocycles. The highest BCUT2D eigenvalue weighted by atomic mass is 16.5. The van der Waals surface area contributed by atoms with Crippen LogP contribution in [0, 0.1) is 0 Å². The maximum atomic E-state index is 5.06. The van der Waals surface area contributed by atoms with Gasteiger partial charge >= 0.3 is 0 Å². The molecule has 0 radical (unpaired) electrons. The van der Waals surface area contributed by atoms with Crippen LogP contribution in [0.1, 0.15) is 41.0 Å². The summed E-state index contributed by atoms with van der Waals surface area (Å²) in [6, 6.07) is 0. The molecule has 0 aromatic carbocycles. The smallest absolute Gasteiger partial charge is 0.0650 e. The van der Waals surface area contributed by atoms with E-state index in [0.29, 0.717) is 0 Å². The number of hydrogen-bond acceptors (Lipinski definition) is 1. The quantitative estimate of drug-likeness (QED) is 0.491. The minimum atomic E-state index is 0.825. The van der Waals surface area contributed by atoms with Gasteiger partial charge in [0.2, 0.25) is 0 Å². The van der Waals surface area contributed by atoms with E-state index in [-0.39, 0.29) is 0 Å². The van der Waals surface area contributed by atoms with Crippen LogP contribution < -0.4 is 0 Å². The van der Waals surface area contributed by atoms with Gasteiger partial charge in [0.05, 0.1) is 13.2 Å². The van der Waals surface area contributed by atoms with Crippen molar-refractivity contribution in [2.75, 3.05) is 13.2 Å². The molecule has 0 unspecified atom stereocenters. The molecule has 0 atom stereocenters. The fourth-order valence-electron chi connectivity index (χ4n) is 0.620. The minimum absolute atomic E-state index is 0.825. The van der Waals surface area contributed by atoms with Crippen LogP contribution in [-0.2, 0) is 4.74 Å². The van der Waals surface area contributed by atoms with Crippen molar-refractivity contribution in [1.29, 1.82) is 0 Å². The number of rotatable bonds is 0. The van der Waals surface area contributed by atoms with Crippen LogP contribution in [0.25, 0.3) is 0 Å². The predicted octanol–water partition coefficient (Wildman–Crippen LogP) is 3.41. The summed E-state index contributed by atoms with van der Waals surface area (Å²) in [6.45, 7) is 11.9. The molecular formula is C10H22O. The van der Waals surface area contributed by atoms with Crippen LogP contribution >= 0.6 is 0 Å². The standard InChI is InChI=1S/C6H10O.2C2H6/c1-6-2-4-7-5-3-6;2*1-2/h2H,3-5H2,1H3;2*1-2H3. The molecule has 0 saturated heterocycles. The second kappa shape index (κ2) is 12.4. The summed E-state index contributed by atoms with van der Waals surface area (Å²) in [5.74, 6) is 0. The zero-order valence-corrected chi connectivity index (χ0v) is 8.61. The lowest BCUT2D eigenvalue weighted by atomic mass is 10.2. The zero-order valence-electron chi connectivity index (χ0n) is 8.61. The Bertz CT molecular complexity index is 84.9.